The van der Waals surface area contributed by atoms with E-state index in [-0.39, 0.29) is 17.2 Å². The number of esters is 1. The molecule has 0 spiro atoms. The number of hydrogen-bond donors (Lipinski definition) is 0. The predicted molar refractivity (Wildman–Crippen MR) is 75.9 cm³/mol. The molecule has 24 heavy (non-hydrogen) atoms. The first kappa shape index (κ1) is 17.3. The van der Waals surface area contributed by atoms with Crippen molar-refractivity contribution in [3.8, 4) is 17.2 Å². The van der Waals surface area contributed by atoms with Gasteiger partial charge in [0.25, 0.3) is 0 Å². The Kier molecular flexibility index (Phi) is 4.72. The van der Waals surface area contributed by atoms with Crippen LogP contribution >= 0.6 is 0 Å². The van der Waals surface area contributed by atoms with E-state index in [4.69, 9.17) is 9.47 Å². The molecule has 0 unspecified atom stereocenters. The Hall–Kier alpha value is -3.10. The van der Waals surface area contributed by atoms with Crippen molar-refractivity contribution in [3.63, 3.8) is 0 Å². The summed E-state index contributed by atoms with van der Waals surface area (Å²) in [4.78, 5) is 20.9. The van der Waals surface area contributed by atoms with Gasteiger partial charge in [-0.05, 0) is 24.3 Å². The Morgan fingerprint density at radius 3 is 2.38 bits per heavy atom. The highest BCUT2D eigenvalue weighted by Crippen LogP contribution is 2.38. The van der Waals surface area contributed by atoms with Gasteiger partial charge in [-0.2, -0.15) is 13.2 Å². The van der Waals surface area contributed by atoms with Gasteiger partial charge < -0.3 is 9.47 Å². The predicted octanol–water partition coefficient (Wildman–Crippen LogP) is 4.33. The Morgan fingerprint density at radius 1 is 1.12 bits per heavy atom. The fraction of sp³-hybridized carbons (Fsp3) is 0.133. The molecule has 2 rings (SSSR count). The lowest BCUT2D eigenvalue weighted by Gasteiger charge is -2.10. The van der Waals surface area contributed by atoms with E-state index in [2.05, 4.69) is 0 Å². The van der Waals surface area contributed by atoms with E-state index in [1.165, 1.54) is 31.2 Å². The van der Waals surface area contributed by atoms with E-state index in [1.54, 1.807) is 0 Å². The van der Waals surface area contributed by atoms with Crippen LogP contribution in [0.15, 0.2) is 42.5 Å². The first-order valence-corrected chi connectivity index (χ1v) is 6.49. The molecule has 9 heteroatoms. The van der Waals surface area contributed by atoms with Gasteiger partial charge in [0.1, 0.15) is 11.5 Å². The van der Waals surface area contributed by atoms with Gasteiger partial charge in [0, 0.05) is 19.1 Å². The molecular formula is C15H10F3NO5. The van der Waals surface area contributed by atoms with E-state index in [1.807, 2.05) is 0 Å². The largest absolute Gasteiger partial charge is 0.450 e. The molecular weight excluding hydrogens is 331 g/mol. The van der Waals surface area contributed by atoms with Gasteiger partial charge >= 0.3 is 17.8 Å². The lowest BCUT2D eigenvalue weighted by atomic mass is 10.2. The zero-order chi connectivity index (χ0) is 17.9. The van der Waals surface area contributed by atoms with Crippen LogP contribution in [0.5, 0.6) is 17.2 Å². The monoisotopic (exact) mass is 341 g/mol. The fourth-order valence-corrected chi connectivity index (χ4v) is 1.82. The highest BCUT2D eigenvalue weighted by atomic mass is 19.4. The number of rotatable bonds is 4. The number of halogens is 3. The topological polar surface area (TPSA) is 78.7 Å². The van der Waals surface area contributed by atoms with Crippen LogP contribution in [0.1, 0.15) is 12.5 Å². The normalized spacial score (nSPS) is 11.0. The van der Waals surface area contributed by atoms with Crippen LogP contribution in [0.25, 0.3) is 0 Å². The van der Waals surface area contributed by atoms with Crippen molar-refractivity contribution in [2.24, 2.45) is 0 Å². The second-order valence-corrected chi connectivity index (χ2v) is 4.61. The maximum absolute atomic E-state index is 12.7. The zero-order valence-electron chi connectivity index (χ0n) is 12.2. The zero-order valence-corrected chi connectivity index (χ0v) is 12.2. The second-order valence-electron chi connectivity index (χ2n) is 4.61. The molecule has 0 saturated carbocycles. The number of nitro benzene ring substituents is 1. The standard InChI is InChI=1S/C15H10F3NO5/c1-9(20)23-11-3-2-4-12(8-11)24-14-6-5-10(15(16,17)18)7-13(14)19(21)22/h2-8H,1H3. The van der Waals surface area contributed by atoms with Gasteiger partial charge in [0.2, 0.25) is 5.75 Å². The summed E-state index contributed by atoms with van der Waals surface area (Å²) in [6.07, 6.45) is -4.71. The SMILES string of the molecule is CC(=O)Oc1cccc(Oc2ccc(C(F)(F)F)cc2[N+](=O)[O-])c1. The molecule has 0 saturated heterocycles. The Balaban J connectivity index is 2.36. The molecule has 2 aromatic rings. The molecule has 0 aliphatic carbocycles. The van der Waals surface area contributed by atoms with Crippen molar-refractivity contribution in [1.82, 2.24) is 0 Å². The smallest absolute Gasteiger partial charge is 0.416 e. The molecule has 0 radical (unpaired) electrons. The summed E-state index contributed by atoms with van der Waals surface area (Å²) in [5.41, 5.74) is -1.99. The minimum atomic E-state index is -4.71. The second kappa shape index (κ2) is 6.57. The van der Waals surface area contributed by atoms with E-state index >= 15 is 0 Å². The highest BCUT2D eigenvalue weighted by molar-refractivity contribution is 5.69. The molecule has 0 N–H and O–H groups in total. The molecule has 0 heterocycles. The number of nitro groups is 1. The third kappa shape index (κ3) is 4.22. The van der Waals surface area contributed by atoms with Crippen molar-refractivity contribution >= 4 is 11.7 Å². The van der Waals surface area contributed by atoms with Crippen LogP contribution < -0.4 is 9.47 Å². The summed E-state index contributed by atoms with van der Waals surface area (Å²) >= 11 is 0. The van der Waals surface area contributed by atoms with Crippen molar-refractivity contribution < 1.29 is 32.4 Å². The van der Waals surface area contributed by atoms with Crippen molar-refractivity contribution in [2.75, 3.05) is 0 Å². The summed E-state index contributed by atoms with van der Waals surface area (Å²) in [6.45, 7) is 1.19. The average molecular weight is 341 g/mol. The molecule has 126 valence electrons. The highest BCUT2D eigenvalue weighted by Gasteiger charge is 2.33. The number of benzene rings is 2. The van der Waals surface area contributed by atoms with Gasteiger partial charge in [0.15, 0.2) is 0 Å². The molecule has 0 bridgehead atoms. The summed E-state index contributed by atoms with van der Waals surface area (Å²) in [7, 11) is 0. The van der Waals surface area contributed by atoms with Crippen LogP contribution in [0, 0.1) is 10.1 Å². The van der Waals surface area contributed by atoms with Crippen molar-refractivity contribution in [1.29, 1.82) is 0 Å². The van der Waals surface area contributed by atoms with E-state index in [0.717, 1.165) is 6.07 Å². The molecule has 0 atom stereocenters. The third-order valence-electron chi connectivity index (χ3n) is 2.78. The van der Waals surface area contributed by atoms with Gasteiger partial charge in [0.05, 0.1) is 10.5 Å². The van der Waals surface area contributed by atoms with E-state index in [9.17, 15) is 28.1 Å². The number of ether oxygens (including phenoxy) is 2. The molecule has 2 aromatic carbocycles. The quantitative estimate of drug-likeness (QED) is 0.358. The lowest BCUT2D eigenvalue weighted by molar-refractivity contribution is -0.385. The van der Waals surface area contributed by atoms with E-state index in [0.29, 0.717) is 12.1 Å². The van der Waals surface area contributed by atoms with Crippen molar-refractivity contribution in [3.05, 3.63) is 58.1 Å². The Labute approximate surface area is 133 Å². The first-order chi connectivity index (χ1) is 11.2. The van der Waals surface area contributed by atoms with Crippen LogP contribution in [0.3, 0.4) is 0 Å². The van der Waals surface area contributed by atoms with Crippen LogP contribution in [0.2, 0.25) is 0 Å². The number of alkyl halides is 3. The summed E-state index contributed by atoms with van der Waals surface area (Å²) in [5.74, 6) is -0.744. The van der Waals surface area contributed by atoms with Gasteiger partial charge in [-0.1, -0.05) is 6.07 Å². The average Bonchev–Trinajstić information content (AvgIpc) is 2.45. The maximum Gasteiger partial charge on any atom is 0.416 e. The Bertz CT molecular complexity index is 789. The minimum absolute atomic E-state index is 0.0663. The number of carbonyl (C=O) groups is 1. The molecule has 0 aliphatic heterocycles. The van der Waals surface area contributed by atoms with E-state index < -0.39 is 28.3 Å². The summed E-state index contributed by atoms with van der Waals surface area (Å²) in [5, 5.41) is 11.0. The maximum atomic E-state index is 12.7. The van der Waals surface area contributed by atoms with Gasteiger partial charge in [-0.25, -0.2) is 0 Å². The lowest BCUT2D eigenvalue weighted by Crippen LogP contribution is -2.06. The van der Waals surface area contributed by atoms with Crippen molar-refractivity contribution in [2.45, 2.75) is 13.1 Å². The fourth-order valence-electron chi connectivity index (χ4n) is 1.82. The van der Waals surface area contributed by atoms with Gasteiger partial charge in [-0.3, -0.25) is 14.9 Å². The molecule has 0 aliphatic rings. The molecule has 0 amide bonds. The van der Waals surface area contributed by atoms with Crippen LogP contribution in [-0.4, -0.2) is 10.9 Å². The summed E-state index contributed by atoms with van der Waals surface area (Å²) in [6, 6.07) is 7.54. The molecule has 6 nitrogen and oxygen atoms in total. The summed E-state index contributed by atoms with van der Waals surface area (Å²) < 4.78 is 48.1. The van der Waals surface area contributed by atoms with Crippen LogP contribution in [0.4, 0.5) is 18.9 Å². The third-order valence-corrected chi connectivity index (χ3v) is 2.78. The first-order valence-electron chi connectivity index (χ1n) is 6.49. The molecule has 0 fully saturated rings. The van der Waals surface area contributed by atoms with Gasteiger partial charge in [-0.15, -0.1) is 0 Å². The number of hydrogen-bond acceptors (Lipinski definition) is 5. The Morgan fingerprint density at radius 2 is 1.79 bits per heavy atom. The molecule has 0 aromatic heterocycles. The number of carbonyl (C=O) groups excluding carboxylic acids is 1. The van der Waals surface area contributed by atoms with Crippen LogP contribution in [-0.2, 0) is 11.0 Å². The minimum Gasteiger partial charge on any atom is -0.450 e. The number of nitrogens with zero attached hydrogens (tertiary/aromatic N) is 1.